The molecular formula is C26H25F4N7O2S2. The number of rotatable bonds is 6. The summed E-state index contributed by atoms with van der Waals surface area (Å²) in [4.78, 5) is 9.04. The molecule has 5 aromatic rings. The van der Waals surface area contributed by atoms with Crippen LogP contribution in [0.4, 0.5) is 29.1 Å². The second kappa shape index (κ2) is 10.9. The van der Waals surface area contributed by atoms with Gasteiger partial charge in [-0.15, -0.1) is 11.3 Å². The largest absolute Gasteiger partial charge is 0.435 e. The summed E-state index contributed by atoms with van der Waals surface area (Å²) in [5, 5.41) is 4.17. The highest BCUT2D eigenvalue weighted by Gasteiger charge is 2.35. The first kappa shape index (κ1) is 28.7. The fourth-order valence-electron chi connectivity index (χ4n) is 5.10. The Morgan fingerprint density at radius 2 is 1.88 bits per heavy atom. The minimum absolute atomic E-state index is 0. The molecule has 0 saturated heterocycles. The average molecular weight is 608 g/mol. The number of anilines is 2. The lowest BCUT2D eigenvalue weighted by Crippen LogP contribution is -2.06. The number of aryl methyl sites for hydroxylation is 1. The van der Waals surface area contributed by atoms with Crippen LogP contribution in [0.2, 0.25) is 0 Å². The van der Waals surface area contributed by atoms with Gasteiger partial charge in [-0.3, -0.25) is 9.40 Å². The fourth-order valence-corrected chi connectivity index (χ4v) is 7.24. The van der Waals surface area contributed by atoms with Gasteiger partial charge in [0.25, 0.3) is 0 Å². The molecule has 1 fully saturated rings. The number of fused-ring (bicyclic) bond motifs is 1. The fraction of sp³-hybridized carbons (Fsp3) is 0.269. The quantitative estimate of drug-likeness (QED) is 0.238. The highest BCUT2D eigenvalue weighted by atomic mass is 32.2. The zero-order chi connectivity index (χ0) is 28.2. The molecule has 41 heavy (non-hydrogen) atoms. The van der Waals surface area contributed by atoms with Gasteiger partial charge in [0.1, 0.15) is 27.8 Å². The van der Waals surface area contributed by atoms with Gasteiger partial charge in [-0.25, -0.2) is 18.6 Å². The summed E-state index contributed by atoms with van der Waals surface area (Å²) in [6, 6.07) is 8.85. The molecule has 216 valence electrons. The third kappa shape index (κ3) is 5.31. The number of nitrogens with one attached hydrogen (secondary N) is 1. The summed E-state index contributed by atoms with van der Waals surface area (Å²) in [6.07, 6.45) is 3.13. The first-order valence-corrected chi connectivity index (χ1v) is 14.4. The number of hydrogen-bond acceptors (Lipinski definition) is 6. The number of aromatic nitrogens is 5. The summed E-state index contributed by atoms with van der Waals surface area (Å²) in [7, 11) is -0.453. The van der Waals surface area contributed by atoms with E-state index in [2.05, 4.69) is 24.4 Å². The molecule has 4 heterocycles. The number of nitrogens with two attached hydrogens (primary N) is 1. The van der Waals surface area contributed by atoms with Gasteiger partial charge in [0.2, 0.25) is 0 Å². The summed E-state index contributed by atoms with van der Waals surface area (Å²) in [6.45, 7) is 0. The Kier molecular flexibility index (Phi) is 7.61. The maximum atomic E-state index is 15.3. The third-order valence-electron chi connectivity index (χ3n) is 7.03. The zero-order valence-electron chi connectivity index (χ0n) is 21.6. The van der Waals surface area contributed by atoms with Gasteiger partial charge >= 0.3 is 6.18 Å². The summed E-state index contributed by atoms with van der Waals surface area (Å²) >= 11 is 1.03. The van der Waals surface area contributed by atoms with Crippen LogP contribution >= 0.6 is 11.3 Å². The van der Waals surface area contributed by atoms with Crippen molar-refractivity contribution in [2.45, 2.75) is 42.1 Å². The van der Waals surface area contributed by atoms with E-state index in [9.17, 15) is 17.4 Å². The van der Waals surface area contributed by atoms with Crippen molar-refractivity contribution in [2.75, 3.05) is 10.5 Å². The molecule has 4 aromatic heterocycles. The molecular weight excluding hydrogens is 582 g/mol. The number of nitrogen functional groups attached to an aromatic ring is 1. The second-order valence-corrected chi connectivity index (χ2v) is 12.1. The van der Waals surface area contributed by atoms with Crippen LogP contribution in [0.5, 0.6) is 0 Å². The van der Waals surface area contributed by atoms with E-state index in [1.165, 1.54) is 31.6 Å². The van der Waals surface area contributed by atoms with Crippen LogP contribution < -0.4 is 10.5 Å². The minimum Gasteiger partial charge on any atom is -0.412 e. The van der Waals surface area contributed by atoms with Crippen LogP contribution in [-0.4, -0.2) is 34.0 Å². The summed E-state index contributed by atoms with van der Waals surface area (Å²) in [5.41, 5.74) is 7.44. The number of nitrogens with zero attached hydrogens (tertiary/aromatic N) is 5. The Labute approximate surface area is 237 Å². The van der Waals surface area contributed by atoms with E-state index >= 15 is 4.39 Å². The molecule has 15 heteroatoms. The van der Waals surface area contributed by atoms with Crippen molar-refractivity contribution in [1.29, 1.82) is 0 Å². The van der Waals surface area contributed by atoms with Crippen LogP contribution in [0.3, 0.4) is 0 Å². The van der Waals surface area contributed by atoms with Gasteiger partial charge in [-0.2, -0.15) is 18.3 Å². The molecule has 1 unspecified atom stereocenters. The second-order valence-electron chi connectivity index (χ2n) is 9.57. The first-order valence-electron chi connectivity index (χ1n) is 12.4. The Morgan fingerprint density at radius 1 is 1.12 bits per heavy atom. The van der Waals surface area contributed by atoms with Crippen LogP contribution in [0.15, 0.2) is 53.1 Å². The van der Waals surface area contributed by atoms with Crippen molar-refractivity contribution in [1.82, 2.24) is 24.3 Å². The Bertz CT molecular complexity index is 1760. The molecule has 0 amide bonds. The molecule has 9 nitrogen and oxygen atoms in total. The molecule has 1 aromatic carbocycles. The number of thiophene rings is 1. The predicted octanol–water partition coefficient (Wildman–Crippen LogP) is 5.73. The number of hydrogen-bond donors (Lipinski definition) is 2. The Balaban J connectivity index is 0.00000337. The lowest BCUT2D eigenvalue weighted by molar-refractivity contribution is -0.141. The third-order valence-corrected chi connectivity index (χ3v) is 9.54. The van der Waals surface area contributed by atoms with Crippen LogP contribution in [-0.2, 0) is 24.2 Å². The minimum atomic E-state index is -4.58. The van der Waals surface area contributed by atoms with Crippen molar-refractivity contribution < 1.29 is 27.2 Å². The highest BCUT2D eigenvalue weighted by Crippen LogP contribution is 2.40. The molecule has 1 atom stereocenters. The lowest BCUT2D eigenvalue weighted by Gasteiger charge is -2.12. The van der Waals surface area contributed by atoms with E-state index in [0.29, 0.717) is 43.1 Å². The molecule has 0 aliphatic heterocycles. The van der Waals surface area contributed by atoms with Crippen LogP contribution in [0, 0.1) is 5.82 Å². The Morgan fingerprint density at radius 3 is 2.56 bits per heavy atom. The van der Waals surface area contributed by atoms with Gasteiger partial charge in [0.05, 0.1) is 21.6 Å². The van der Waals surface area contributed by atoms with Crippen LogP contribution in [0.1, 0.15) is 37.4 Å². The summed E-state index contributed by atoms with van der Waals surface area (Å²) < 4.78 is 73.6. The van der Waals surface area contributed by atoms with Crippen molar-refractivity contribution in [2.24, 2.45) is 7.05 Å². The first-order chi connectivity index (χ1) is 19.1. The Hall–Kier alpha value is -3.82. The van der Waals surface area contributed by atoms with E-state index in [0.717, 1.165) is 47.8 Å². The van der Waals surface area contributed by atoms with Crippen LogP contribution in [0.25, 0.3) is 32.7 Å². The van der Waals surface area contributed by atoms with E-state index in [4.69, 9.17) is 5.73 Å². The monoisotopic (exact) mass is 607 g/mol. The summed E-state index contributed by atoms with van der Waals surface area (Å²) in [5.74, 6) is -0.314. The van der Waals surface area contributed by atoms with E-state index in [1.54, 1.807) is 12.1 Å². The maximum Gasteiger partial charge on any atom is 0.435 e. The lowest BCUT2D eigenvalue weighted by atomic mass is 10.1. The molecule has 1 aliphatic rings. The predicted molar refractivity (Wildman–Crippen MR) is 150 cm³/mol. The van der Waals surface area contributed by atoms with Crippen molar-refractivity contribution in [3.63, 3.8) is 0 Å². The number of halogens is 4. The van der Waals surface area contributed by atoms with Crippen molar-refractivity contribution >= 4 is 44.9 Å². The van der Waals surface area contributed by atoms with Crippen molar-refractivity contribution in [3.8, 4) is 21.7 Å². The molecule has 1 aliphatic carbocycles. The van der Waals surface area contributed by atoms with Gasteiger partial charge in [-0.05, 0) is 48.7 Å². The highest BCUT2D eigenvalue weighted by molar-refractivity contribution is 7.88. The normalized spacial score (nSPS) is 14.9. The molecule has 1 saturated carbocycles. The van der Waals surface area contributed by atoms with Gasteiger partial charge in [0, 0.05) is 24.8 Å². The molecule has 0 spiro atoms. The average Bonchev–Trinajstić information content (AvgIpc) is 3.70. The number of alkyl halides is 3. The van der Waals surface area contributed by atoms with Gasteiger partial charge in [-0.1, -0.05) is 18.9 Å². The van der Waals surface area contributed by atoms with E-state index in [-0.39, 0.29) is 16.9 Å². The maximum absolute atomic E-state index is 15.3. The zero-order valence-corrected chi connectivity index (χ0v) is 23.2. The van der Waals surface area contributed by atoms with Crippen molar-refractivity contribution in [3.05, 3.63) is 60.4 Å². The smallest absolute Gasteiger partial charge is 0.412 e. The van der Waals surface area contributed by atoms with E-state index in [1.807, 2.05) is 6.20 Å². The molecule has 0 radical (unpaired) electrons. The standard InChI is InChI=1S/C26H23F4N7OS2.H2O/c1-36-19(11-21(34-36)26(28,29)30)20-8-9-22(39-20)40(38)35-18-7-6-14(10-17(18)27)16-12-37(15-4-2-3-5-15)25-23(16)24(31)32-13-33-25;/h6-13,15,35H,2-5H2,1H3,(H2,31,32,33);1H2. The number of benzene rings is 1. The van der Waals surface area contributed by atoms with E-state index < -0.39 is 28.7 Å². The molecule has 5 N–H and O–H groups in total. The van der Waals surface area contributed by atoms with Gasteiger partial charge < -0.3 is 15.8 Å². The SMILES string of the molecule is Cn1nc(C(F)(F)F)cc1-c1ccc(S(=O)Nc2ccc(-c3cn(C4CCCC4)c4ncnc(N)c34)cc2F)s1.O. The van der Waals surface area contributed by atoms with Gasteiger partial charge in [0.15, 0.2) is 16.7 Å². The molecule has 6 rings (SSSR count). The molecule has 0 bridgehead atoms. The topological polar surface area (TPSA) is 135 Å².